The maximum Gasteiger partial charge on any atom is 0.306 e. The van der Waals surface area contributed by atoms with Crippen LogP contribution in [0.5, 0.6) is 0 Å². The molecule has 0 amide bonds. The normalized spacial score (nSPS) is 12.7. The van der Waals surface area contributed by atoms with Crippen molar-refractivity contribution in [3.05, 3.63) is 36.5 Å². The fourth-order valence-electron chi connectivity index (χ4n) is 5.65. The first-order chi connectivity index (χ1) is 22.7. The van der Waals surface area contributed by atoms with Crippen LogP contribution in [-0.2, 0) is 14.3 Å². The lowest BCUT2D eigenvalue weighted by atomic mass is 10.1. The zero-order valence-electron chi connectivity index (χ0n) is 30.8. The van der Waals surface area contributed by atoms with Crippen molar-refractivity contribution < 1.29 is 19.4 Å². The van der Waals surface area contributed by atoms with Crippen molar-refractivity contribution in [3.63, 3.8) is 0 Å². The van der Waals surface area contributed by atoms with E-state index in [1.54, 1.807) is 0 Å². The van der Waals surface area contributed by atoms with E-state index < -0.39 is 6.10 Å². The Morgan fingerprint density at radius 1 is 0.522 bits per heavy atom. The summed E-state index contributed by atoms with van der Waals surface area (Å²) in [6.07, 6.45) is 49.0. The molecular weight excluding hydrogens is 568 g/mol. The van der Waals surface area contributed by atoms with Crippen molar-refractivity contribution in [3.8, 4) is 0 Å². The fourth-order valence-corrected chi connectivity index (χ4v) is 5.65. The van der Waals surface area contributed by atoms with Crippen LogP contribution in [-0.4, -0.2) is 37.0 Å². The molecule has 0 spiro atoms. The first-order valence-electron chi connectivity index (χ1n) is 20.1. The molecule has 0 aromatic heterocycles. The van der Waals surface area contributed by atoms with Crippen LogP contribution in [0.3, 0.4) is 0 Å². The average Bonchev–Trinajstić information content (AvgIpc) is 3.06. The molecule has 0 saturated carbocycles. The third-order valence-electron chi connectivity index (χ3n) is 8.69. The highest BCUT2D eigenvalue weighted by atomic mass is 16.6. The van der Waals surface area contributed by atoms with Gasteiger partial charge in [0.1, 0.15) is 6.10 Å². The van der Waals surface area contributed by atoms with E-state index in [9.17, 15) is 9.90 Å². The van der Waals surface area contributed by atoms with Crippen LogP contribution < -0.4 is 0 Å². The summed E-state index contributed by atoms with van der Waals surface area (Å²) in [4.78, 5) is 12.2. The summed E-state index contributed by atoms with van der Waals surface area (Å²) in [6.45, 7) is 5.31. The second-order valence-electron chi connectivity index (χ2n) is 13.3. The fraction of sp³-hybridized carbons (Fsp3) is 0.833. The van der Waals surface area contributed by atoms with Crippen LogP contribution in [0.15, 0.2) is 36.5 Å². The molecule has 0 bridgehead atoms. The number of ether oxygens (including phenoxy) is 2. The van der Waals surface area contributed by atoms with Gasteiger partial charge in [-0.2, -0.15) is 0 Å². The number of carbonyl (C=O) groups is 1. The molecule has 0 aliphatic carbocycles. The summed E-state index contributed by atoms with van der Waals surface area (Å²) >= 11 is 0. The van der Waals surface area contributed by atoms with E-state index in [1.807, 2.05) is 0 Å². The third kappa shape index (κ3) is 37.1. The minimum Gasteiger partial charge on any atom is -0.457 e. The first-order valence-corrected chi connectivity index (χ1v) is 20.1. The van der Waals surface area contributed by atoms with Crippen LogP contribution in [0.25, 0.3) is 0 Å². The lowest BCUT2D eigenvalue weighted by molar-refractivity contribution is -0.154. The van der Waals surface area contributed by atoms with Gasteiger partial charge in [-0.25, -0.2) is 0 Å². The van der Waals surface area contributed by atoms with E-state index >= 15 is 0 Å². The molecule has 1 N–H and O–H groups in total. The van der Waals surface area contributed by atoms with Gasteiger partial charge in [0, 0.05) is 13.0 Å². The van der Waals surface area contributed by atoms with Crippen molar-refractivity contribution in [1.82, 2.24) is 0 Å². The quantitative estimate of drug-likeness (QED) is 0.0414. The number of unbranched alkanes of at least 4 members (excludes halogenated alkanes) is 23. The number of aliphatic hydroxyl groups excluding tert-OH is 1. The Labute approximate surface area is 287 Å². The summed E-state index contributed by atoms with van der Waals surface area (Å²) in [5.41, 5.74) is 0. The number of hydrogen-bond acceptors (Lipinski definition) is 4. The van der Waals surface area contributed by atoms with Crippen molar-refractivity contribution in [2.45, 2.75) is 206 Å². The molecule has 0 saturated heterocycles. The van der Waals surface area contributed by atoms with E-state index in [4.69, 9.17) is 9.47 Å². The number of allylic oxidation sites excluding steroid dienone is 6. The highest BCUT2D eigenvalue weighted by Gasteiger charge is 2.13. The van der Waals surface area contributed by atoms with E-state index in [1.165, 1.54) is 154 Å². The Hall–Kier alpha value is -1.39. The average molecular weight is 647 g/mol. The highest BCUT2D eigenvalue weighted by molar-refractivity contribution is 5.69. The monoisotopic (exact) mass is 647 g/mol. The van der Waals surface area contributed by atoms with Gasteiger partial charge >= 0.3 is 5.97 Å². The number of aliphatic hydroxyl groups is 1. The van der Waals surface area contributed by atoms with E-state index in [2.05, 4.69) is 50.3 Å². The van der Waals surface area contributed by atoms with Gasteiger partial charge in [0.15, 0.2) is 0 Å². The van der Waals surface area contributed by atoms with Crippen LogP contribution >= 0.6 is 0 Å². The number of hydrogen-bond donors (Lipinski definition) is 1. The lowest BCUT2D eigenvalue weighted by Crippen LogP contribution is -2.27. The van der Waals surface area contributed by atoms with Gasteiger partial charge in [-0.05, 0) is 70.6 Å². The van der Waals surface area contributed by atoms with Crippen molar-refractivity contribution >= 4 is 5.97 Å². The molecule has 1 atom stereocenters. The smallest absolute Gasteiger partial charge is 0.306 e. The molecule has 0 fully saturated rings. The Morgan fingerprint density at radius 2 is 0.913 bits per heavy atom. The van der Waals surface area contributed by atoms with Gasteiger partial charge in [-0.1, -0.05) is 159 Å². The third-order valence-corrected chi connectivity index (χ3v) is 8.69. The first kappa shape index (κ1) is 44.6. The SMILES string of the molecule is CCCCC/C=C\CCCCCCCCOCC(CO)OC(=O)CCCCCCCCCCC/C=C\C/C=C\CCCCCCC. The molecule has 270 valence electrons. The molecule has 46 heavy (non-hydrogen) atoms. The second-order valence-corrected chi connectivity index (χ2v) is 13.3. The Bertz CT molecular complexity index is 683. The van der Waals surface area contributed by atoms with Gasteiger partial charge in [-0.15, -0.1) is 0 Å². The van der Waals surface area contributed by atoms with Crippen LogP contribution in [0.1, 0.15) is 200 Å². The Balaban J connectivity index is 3.44. The largest absolute Gasteiger partial charge is 0.457 e. The van der Waals surface area contributed by atoms with Crippen LogP contribution in [0, 0.1) is 0 Å². The molecule has 1 unspecified atom stereocenters. The molecule has 0 aliphatic heterocycles. The predicted molar refractivity (Wildman–Crippen MR) is 200 cm³/mol. The Kier molecular flexibility index (Phi) is 38.6. The summed E-state index contributed by atoms with van der Waals surface area (Å²) < 4.78 is 11.1. The standard InChI is InChI=1S/C42H78O4/c1-3-5-7-9-11-13-15-17-18-19-20-21-22-23-24-25-27-29-31-33-35-37-42(44)46-41(39-43)40-45-38-36-34-32-30-28-26-16-14-12-10-8-6-4-2/h12,14-15,17,19-20,41,43H,3-11,13,16,18,21-40H2,1-2H3/b14-12-,17-15-,20-19-. The molecule has 0 aliphatic rings. The Morgan fingerprint density at radius 3 is 1.41 bits per heavy atom. The molecule has 0 radical (unpaired) electrons. The summed E-state index contributed by atoms with van der Waals surface area (Å²) in [6, 6.07) is 0. The molecule has 4 nitrogen and oxygen atoms in total. The van der Waals surface area contributed by atoms with Crippen molar-refractivity contribution in [1.29, 1.82) is 0 Å². The van der Waals surface area contributed by atoms with Crippen LogP contribution in [0.2, 0.25) is 0 Å². The zero-order chi connectivity index (χ0) is 33.4. The number of esters is 1. The van der Waals surface area contributed by atoms with E-state index in [-0.39, 0.29) is 12.6 Å². The predicted octanol–water partition coefficient (Wildman–Crippen LogP) is 12.9. The molecule has 0 aromatic rings. The van der Waals surface area contributed by atoms with Gasteiger partial charge in [0.25, 0.3) is 0 Å². The maximum absolute atomic E-state index is 12.2. The maximum atomic E-state index is 12.2. The van der Waals surface area contributed by atoms with Gasteiger partial charge < -0.3 is 14.6 Å². The van der Waals surface area contributed by atoms with Gasteiger partial charge in [0.05, 0.1) is 13.2 Å². The highest BCUT2D eigenvalue weighted by Crippen LogP contribution is 2.13. The number of carbonyl (C=O) groups excluding carboxylic acids is 1. The summed E-state index contributed by atoms with van der Waals surface area (Å²) in [5.74, 6) is -0.207. The zero-order valence-corrected chi connectivity index (χ0v) is 30.8. The molecule has 0 rings (SSSR count). The van der Waals surface area contributed by atoms with Crippen molar-refractivity contribution in [2.75, 3.05) is 19.8 Å². The molecule has 0 aromatic carbocycles. The number of rotatable bonds is 37. The van der Waals surface area contributed by atoms with Crippen molar-refractivity contribution in [2.24, 2.45) is 0 Å². The molecular formula is C42H78O4. The van der Waals surface area contributed by atoms with E-state index in [0.29, 0.717) is 19.6 Å². The molecule has 0 heterocycles. The summed E-state index contributed by atoms with van der Waals surface area (Å²) in [5, 5.41) is 9.57. The molecule has 4 heteroatoms. The second kappa shape index (κ2) is 39.8. The minimum absolute atomic E-state index is 0.175. The topological polar surface area (TPSA) is 55.8 Å². The van der Waals surface area contributed by atoms with E-state index in [0.717, 1.165) is 25.7 Å². The van der Waals surface area contributed by atoms with Crippen LogP contribution in [0.4, 0.5) is 0 Å². The van der Waals surface area contributed by atoms with Gasteiger partial charge in [-0.3, -0.25) is 4.79 Å². The van der Waals surface area contributed by atoms with Gasteiger partial charge in [0.2, 0.25) is 0 Å². The summed E-state index contributed by atoms with van der Waals surface area (Å²) in [7, 11) is 0. The lowest BCUT2D eigenvalue weighted by Gasteiger charge is -2.15. The minimum atomic E-state index is -0.537.